The molecule has 7 nitrogen and oxygen atoms in total. The molecule has 1 aromatic rings. The average molecular weight is 237 g/mol. The van der Waals surface area contributed by atoms with Crippen molar-refractivity contribution in [2.75, 3.05) is 0 Å². The van der Waals surface area contributed by atoms with E-state index in [1.54, 1.807) is 0 Å². The summed E-state index contributed by atoms with van der Waals surface area (Å²) in [5.41, 5.74) is 3.58. The molecule has 1 N–H and O–H groups in total. The van der Waals surface area contributed by atoms with E-state index >= 15 is 0 Å². The van der Waals surface area contributed by atoms with Gasteiger partial charge in [0.05, 0.1) is 11.8 Å². The first kappa shape index (κ1) is 11.3. The molecule has 0 bridgehead atoms. The summed E-state index contributed by atoms with van der Waals surface area (Å²) in [5.74, 6) is 0.00194. The summed E-state index contributed by atoms with van der Waals surface area (Å²) in [6.45, 7) is 1.35. The lowest BCUT2D eigenvalue weighted by atomic mass is 9.97. The van der Waals surface area contributed by atoms with Crippen molar-refractivity contribution in [3.05, 3.63) is 27.5 Å². The Morgan fingerprint density at radius 1 is 1.59 bits per heavy atom. The van der Waals surface area contributed by atoms with E-state index in [-0.39, 0.29) is 11.8 Å². The Morgan fingerprint density at radius 3 is 3.00 bits per heavy atom. The lowest BCUT2D eigenvalue weighted by molar-refractivity contribution is -0.402. The number of hydrogen-bond donors (Lipinski definition) is 1. The number of hydrazone groups is 1. The Labute approximate surface area is 96.6 Å². The van der Waals surface area contributed by atoms with Gasteiger partial charge in [-0.05, 0) is 12.8 Å². The van der Waals surface area contributed by atoms with E-state index in [2.05, 4.69) is 10.5 Å². The average Bonchev–Trinajstić information content (AvgIpc) is 2.70. The molecule has 1 aromatic heterocycles. The number of aryl methyl sites for hydroxylation is 1. The van der Waals surface area contributed by atoms with Gasteiger partial charge >= 0.3 is 5.88 Å². The third kappa shape index (κ3) is 2.32. The standard InChI is InChI=1S/C10H11N3O4/c1-6(14)11-12-8-3-2-4-9-7(8)5-10(17-9)13(15)16/h5H,2-4H2,1H3,(H,11,14)/b12-8+. The zero-order valence-corrected chi connectivity index (χ0v) is 9.23. The summed E-state index contributed by atoms with van der Waals surface area (Å²) in [4.78, 5) is 20.8. The first-order valence-corrected chi connectivity index (χ1v) is 5.18. The lowest BCUT2D eigenvalue weighted by Gasteiger charge is -2.11. The Morgan fingerprint density at radius 2 is 2.35 bits per heavy atom. The summed E-state index contributed by atoms with van der Waals surface area (Å²) in [7, 11) is 0. The van der Waals surface area contributed by atoms with Crippen molar-refractivity contribution in [1.29, 1.82) is 0 Å². The molecule has 0 spiro atoms. The molecular weight excluding hydrogens is 226 g/mol. The maximum absolute atomic E-state index is 10.8. The van der Waals surface area contributed by atoms with Gasteiger partial charge in [0, 0.05) is 18.9 Å². The van der Waals surface area contributed by atoms with E-state index in [1.165, 1.54) is 13.0 Å². The summed E-state index contributed by atoms with van der Waals surface area (Å²) in [6.07, 6.45) is 2.13. The van der Waals surface area contributed by atoms with Crippen LogP contribution in [0.5, 0.6) is 0 Å². The van der Waals surface area contributed by atoms with E-state index < -0.39 is 4.92 Å². The molecule has 2 rings (SSSR count). The smallest absolute Gasteiger partial charge is 0.405 e. The van der Waals surface area contributed by atoms with Crippen LogP contribution in [-0.4, -0.2) is 16.5 Å². The lowest BCUT2D eigenvalue weighted by Crippen LogP contribution is -2.18. The van der Waals surface area contributed by atoms with Crippen LogP contribution in [0.2, 0.25) is 0 Å². The van der Waals surface area contributed by atoms with Crippen LogP contribution in [-0.2, 0) is 11.2 Å². The van der Waals surface area contributed by atoms with Crippen molar-refractivity contribution in [2.45, 2.75) is 26.2 Å². The molecule has 1 amide bonds. The largest absolute Gasteiger partial charge is 0.433 e. The third-order valence-corrected chi connectivity index (χ3v) is 2.45. The van der Waals surface area contributed by atoms with Crippen molar-refractivity contribution in [3.63, 3.8) is 0 Å². The monoisotopic (exact) mass is 237 g/mol. The number of hydrogen-bond acceptors (Lipinski definition) is 5. The molecular formula is C10H11N3O4. The molecule has 1 aliphatic rings. The molecule has 0 saturated heterocycles. The van der Waals surface area contributed by atoms with E-state index in [1.807, 2.05) is 0 Å². The van der Waals surface area contributed by atoms with E-state index in [0.717, 1.165) is 6.42 Å². The van der Waals surface area contributed by atoms with Crippen LogP contribution in [0.3, 0.4) is 0 Å². The van der Waals surface area contributed by atoms with Gasteiger partial charge in [-0.25, -0.2) is 5.43 Å². The normalized spacial score (nSPS) is 16.6. The molecule has 1 aliphatic carbocycles. The highest BCUT2D eigenvalue weighted by molar-refractivity contribution is 6.03. The van der Waals surface area contributed by atoms with Gasteiger partial charge in [0.1, 0.15) is 10.7 Å². The van der Waals surface area contributed by atoms with Crippen LogP contribution in [0.1, 0.15) is 31.1 Å². The van der Waals surface area contributed by atoms with Crippen LogP contribution in [0.4, 0.5) is 5.88 Å². The van der Waals surface area contributed by atoms with Gasteiger partial charge < -0.3 is 4.42 Å². The minimum atomic E-state index is -0.575. The molecule has 0 atom stereocenters. The van der Waals surface area contributed by atoms with Crippen molar-refractivity contribution in [1.82, 2.24) is 5.43 Å². The molecule has 0 radical (unpaired) electrons. The van der Waals surface area contributed by atoms with Gasteiger partial charge in [0.15, 0.2) is 0 Å². The third-order valence-electron chi connectivity index (χ3n) is 2.45. The van der Waals surface area contributed by atoms with Crippen LogP contribution in [0.25, 0.3) is 0 Å². The summed E-state index contributed by atoms with van der Waals surface area (Å²) in [6, 6.07) is 1.36. The van der Waals surface area contributed by atoms with E-state index in [0.29, 0.717) is 29.9 Å². The molecule has 0 aromatic carbocycles. The minimum Gasteiger partial charge on any atom is -0.405 e. The van der Waals surface area contributed by atoms with Gasteiger partial charge in [-0.15, -0.1) is 0 Å². The number of carbonyl (C=O) groups is 1. The van der Waals surface area contributed by atoms with Crippen molar-refractivity contribution >= 4 is 17.5 Å². The zero-order chi connectivity index (χ0) is 12.4. The number of carbonyl (C=O) groups excluding carboxylic acids is 1. The molecule has 0 fully saturated rings. The number of amides is 1. The second kappa shape index (κ2) is 4.36. The summed E-state index contributed by atoms with van der Waals surface area (Å²) < 4.78 is 5.11. The topological polar surface area (TPSA) is 97.7 Å². The quantitative estimate of drug-likeness (QED) is 0.620. The Bertz CT molecular complexity index is 504. The van der Waals surface area contributed by atoms with Crippen LogP contribution >= 0.6 is 0 Å². The first-order valence-electron chi connectivity index (χ1n) is 5.18. The molecule has 0 saturated carbocycles. The number of nitrogens with one attached hydrogen (secondary N) is 1. The molecule has 0 aliphatic heterocycles. The Balaban J connectivity index is 2.33. The predicted molar refractivity (Wildman–Crippen MR) is 58.7 cm³/mol. The predicted octanol–water partition coefficient (Wildman–Crippen LogP) is 1.36. The Hall–Kier alpha value is -2.18. The number of rotatable bonds is 2. The Kier molecular flexibility index (Phi) is 2.90. The molecule has 90 valence electrons. The number of nitro groups is 1. The van der Waals surface area contributed by atoms with Crippen molar-refractivity contribution in [3.8, 4) is 0 Å². The molecule has 17 heavy (non-hydrogen) atoms. The molecule has 1 heterocycles. The van der Waals surface area contributed by atoms with Gasteiger partial charge in [-0.1, -0.05) is 0 Å². The molecule has 7 heteroatoms. The second-order valence-electron chi connectivity index (χ2n) is 3.76. The van der Waals surface area contributed by atoms with E-state index in [4.69, 9.17) is 4.42 Å². The SMILES string of the molecule is CC(=O)N/N=C1\CCCc2oc([N+](=O)[O-])cc21. The fourth-order valence-corrected chi connectivity index (χ4v) is 1.75. The van der Waals surface area contributed by atoms with Gasteiger partial charge in [-0.2, -0.15) is 5.10 Å². The zero-order valence-electron chi connectivity index (χ0n) is 9.23. The van der Waals surface area contributed by atoms with Crippen LogP contribution in [0, 0.1) is 10.1 Å². The van der Waals surface area contributed by atoms with Gasteiger partial charge in [0.2, 0.25) is 5.91 Å². The highest BCUT2D eigenvalue weighted by Crippen LogP contribution is 2.28. The maximum atomic E-state index is 10.8. The fourth-order valence-electron chi connectivity index (χ4n) is 1.75. The number of fused-ring (bicyclic) bond motifs is 1. The van der Waals surface area contributed by atoms with Crippen LogP contribution < -0.4 is 5.43 Å². The molecule has 0 unspecified atom stereocenters. The first-order chi connectivity index (χ1) is 8.08. The van der Waals surface area contributed by atoms with E-state index in [9.17, 15) is 14.9 Å². The minimum absolute atomic E-state index is 0.275. The summed E-state index contributed by atoms with van der Waals surface area (Å²) >= 11 is 0. The van der Waals surface area contributed by atoms with Crippen molar-refractivity contribution < 1.29 is 14.1 Å². The number of nitrogens with zero attached hydrogens (tertiary/aromatic N) is 2. The highest BCUT2D eigenvalue weighted by atomic mass is 16.6. The van der Waals surface area contributed by atoms with Crippen molar-refractivity contribution in [2.24, 2.45) is 5.10 Å². The highest BCUT2D eigenvalue weighted by Gasteiger charge is 2.25. The fraction of sp³-hybridized carbons (Fsp3) is 0.400. The second-order valence-corrected chi connectivity index (χ2v) is 3.76. The summed E-state index contributed by atoms with van der Waals surface area (Å²) in [5, 5.41) is 14.5. The van der Waals surface area contributed by atoms with Gasteiger partial charge in [0.25, 0.3) is 0 Å². The van der Waals surface area contributed by atoms with Gasteiger partial charge in [-0.3, -0.25) is 14.9 Å². The number of furan rings is 1. The maximum Gasteiger partial charge on any atom is 0.433 e. The van der Waals surface area contributed by atoms with Crippen LogP contribution in [0.15, 0.2) is 15.6 Å².